The van der Waals surface area contributed by atoms with Gasteiger partial charge in [0.25, 0.3) is 5.69 Å². The molecule has 0 amide bonds. The van der Waals surface area contributed by atoms with Gasteiger partial charge in [0.1, 0.15) is 5.69 Å². The molecule has 0 atom stereocenters. The van der Waals surface area contributed by atoms with Crippen molar-refractivity contribution in [3.63, 3.8) is 0 Å². The minimum atomic E-state index is -0.532. The molecule has 0 saturated heterocycles. The lowest BCUT2D eigenvalue weighted by Crippen LogP contribution is -2.01. The first-order valence-corrected chi connectivity index (χ1v) is 4.09. The second kappa shape index (κ2) is 3.37. The van der Waals surface area contributed by atoms with E-state index in [4.69, 9.17) is 5.73 Å². The highest BCUT2D eigenvalue weighted by molar-refractivity contribution is 5.62. The van der Waals surface area contributed by atoms with Crippen molar-refractivity contribution in [2.24, 2.45) is 0 Å². The fourth-order valence-corrected chi connectivity index (χ4v) is 1.18. The van der Waals surface area contributed by atoms with Crippen LogP contribution in [0.1, 0.15) is 0 Å². The highest BCUT2D eigenvalue weighted by Gasteiger charge is 2.11. The first kappa shape index (κ1) is 9.13. The van der Waals surface area contributed by atoms with Gasteiger partial charge in [-0.3, -0.25) is 10.1 Å². The number of nitrogens with zero attached hydrogens (tertiary/aromatic N) is 4. The molecule has 1 heterocycles. The van der Waals surface area contributed by atoms with Crippen LogP contribution in [0.25, 0.3) is 5.69 Å². The number of aromatic nitrogens is 3. The third-order valence-electron chi connectivity index (χ3n) is 1.86. The summed E-state index contributed by atoms with van der Waals surface area (Å²) in [6.07, 6.45) is 3.02. The summed E-state index contributed by atoms with van der Waals surface area (Å²) in [6, 6.07) is 4.32. The van der Waals surface area contributed by atoms with Gasteiger partial charge in [0.2, 0.25) is 0 Å². The largest absolute Gasteiger partial charge is 0.393 e. The predicted molar refractivity (Wildman–Crippen MR) is 52.4 cm³/mol. The molecule has 0 aliphatic heterocycles. The van der Waals surface area contributed by atoms with Gasteiger partial charge in [0.15, 0.2) is 0 Å². The molecule has 7 heteroatoms. The van der Waals surface area contributed by atoms with E-state index >= 15 is 0 Å². The van der Waals surface area contributed by atoms with Crippen molar-refractivity contribution in [3.05, 3.63) is 40.7 Å². The maximum Gasteiger partial charge on any atom is 0.292 e. The summed E-state index contributed by atoms with van der Waals surface area (Å²) < 4.78 is 0. The molecule has 1 aromatic carbocycles. The Morgan fingerprint density at radius 3 is 2.53 bits per heavy atom. The average Bonchev–Trinajstić information content (AvgIpc) is 2.69. The monoisotopic (exact) mass is 205 g/mol. The molecule has 0 saturated carbocycles. The fourth-order valence-electron chi connectivity index (χ4n) is 1.18. The van der Waals surface area contributed by atoms with Gasteiger partial charge in [-0.2, -0.15) is 15.0 Å². The molecule has 2 N–H and O–H groups in total. The van der Waals surface area contributed by atoms with E-state index in [0.717, 1.165) is 0 Å². The van der Waals surface area contributed by atoms with Gasteiger partial charge >= 0.3 is 0 Å². The van der Waals surface area contributed by atoms with Gasteiger partial charge in [-0.25, -0.2) is 0 Å². The van der Waals surface area contributed by atoms with Crippen LogP contribution in [0.5, 0.6) is 0 Å². The van der Waals surface area contributed by atoms with Gasteiger partial charge in [-0.1, -0.05) is 0 Å². The first-order valence-electron chi connectivity index (χ1n) is 4.09. The number of nitro benzene ring substituents is 1. The van der Waals surface area contributed by atoms with E-state index in [-0.39, 0.29) is 11.4 Å². The molecule has 0 radical (unpaired) electrons. The Bertz CT molecular complexity index is 494. The smallest absolute Gasteiger partial charge is 0.292 e. The Morgan fingerprint density at radius 2 is 2.00 bits per heavy atom. The summed E-state index contributed by atoms with van der Waals surface area (Å²) in [5, 5.41) is 18.3. The van der Waals surface area contributed by atoms with Crippen molar-refractivity contribution in [1.29, 1.82) is 0 Å². The maximum atomic E-state index is 10.5. The summed E-state index contributed by atoms with van der Waals surface area (Å²) >= 11 is 0. The van der Waals surface area contributed by atoms with Crippen molar-refractivity contribution < 1.29 is 4.92 Å². The molecule has 15 heavy (non-hydrogen) atoms. The third-order valence-corrected chi connectivity index (χ3v) is 1.86. The van der Waals surface area contributed by atoms with Crippen LogP contribution in [0.2, 0.25) is 0 Å². The SMILES string of the molecule is Nc1cc(-n2nccn2)ccc1[N+](=O)[O-]. The maximum absolute atomic E-state index is 10.5. The number of benzene rings is 1. The summed E-state index contributed by atoms with van der Waals surface area (Å²) in [7, 11) is 0. The van der Waals surface area contributed by atoms with Crippen LogP contribution in [0.15, 0.2) is 30.6 Å². The van der Waals surface area contributed by atoms with E-state index in [1.54, 1.807) is 0 Å². The summed E-state index contributed by atoms with van der Waals surface area (Å²) in [6.45, 7) is 0. The standard InChI is InChI=1S/C8H7N5O2/c9-7-5-6(12-10-3-4-11-12)1-2-8(7)13(14)15/h1-5H,9H2. The Morgan fingerprint density at radius 1 is 1.33 bits per heavy atom. The number of hydrogen-bond acceptors (Lipinski definition) is 5. The number of nitrogen functional groups attached to an aromatic ring is 1. The Balaban J connectivity index is 2.47. The van der Waals surface area contributed by atoms with Crippen LogP contribution in [-0.4, -0.2) is 19.9 Å². The zero-order chi connectivity index (χ0) is 10.8. The molecule has 0 fully saturated rings. The molecular weight excluding hydrogens is 198 g/mol. The van der Waals surface area contributed by atoms with Gasteiger partial charge < -0.3 is 5.73 Å². The lowest BCUT2D eigenvalue weighted by Gasteiger charge is -2.01. The van der Waals surface area contributed by atoms with Crippen LogP contribution >= 0.6 is 0 Å². The normalized spacial score (nSPS) is 10.1. The second-order valence-corrected chi connectivity index (χ2v) is 2.82. The molecule has 0 aliphatic carbocycles. The zero-order valence-electron chi connectivity index (χ0n) is 7.57. The highest BCUT2D eigenvalue weighted by Crippen LogP contribution is 2.22. The second-order valence-electron chi connectivity index (χ2n) is 2.82. The quantitative estimate of drug-likeness (QED) is 0.443. The van der Waals surface area contributed by atoms with Crippen molar-refractivity contribution in [2.45, 2.75) is 0 Å². The van der Waals surface area contributed by atoms with Gasteiger partial charge in [0.05, 0.1) is 23.0 Å². The lowest BCUT2D eigenvalue weighted by molar-refractivity contribution is -0.383. The number of anilines is 1. The summed E-state index contributed by atoms with van der Waals surface area (Å²) in [5.41, 5.74) is 6.08. The Labute approximate surface area is 84.3 Å². The lowest BCUT2D eigenvalue weighted by atomic mass is 10.2. The Kier molecular flexibility index (Phi) is 2.05. The molecular formula is C8H7N5O2. The topological polar surface area (TPSA) is 99.9 Å². The molecule has 0 spiro atoms. The average molecular weight is 205 g/mol. The Hall–Kier alpha value is -2.44. The van der Waals surface area contributed by atoms with Gasteiger partial charge in [0, 0.05) is 6.07 Å². The minimum Gasteiger partial charge on any atom is -0.393 e. The third kappa shape index (κ3) is 1.62. The molecule has 0 bridgehead atoms. The van der Waals surface area contributed by atoms with E-state index in [1.807, 2.05) is 0 Å². The van der Waals surface area contributed by atoms with Crippen molar-refractivity contribution in [3.8, 4) is 5.69 Å². The fraction of sp³-hybridized carbons (Fsp3) is 0. The van der Waals surface area contributed by atoms with Crippen molar-refractivity contribution in [1.82, 2.24) is 15.0 Å². The van der Waals surface area contributed by atoms with E-state index in [2.05, 4.69) is 10.2 Å². The highest BCUT2D eigenvalue weighted by atomic mass is 16.6. The molecule has 1 aromatic heterocycles. The van der Waals surface area contributed by atoms with Crippen molar-refractivity contribution in [2.75, 3.05) is 5.73 Å². The number of nitro groups is 1. The molecule has 0 unspecified atom stereocenters. The number of nitrogens with two attached hydrogens (primary N) is 1. The molecule has 76 valence electrons. The van der Waals surface area contributed by atoms with Crippen LogP contribution in [0.3, 0.4) is 0 Å². The van der Waals surface area contributed by atoms with Gasteiger partial charge in [-0.15, -0.1) is 0 Å². The minimum absolute atomic E-state index is 0.0924. The van der Waals surface area contributed by atoms with Gasteiger partial charge in [-0.05, 0) is 12.1 Å². The van der Waals surface area contributed by atoms with E-state index in [9.17, 15) is 10.1 Å². The van der Waals surface area contributed by atoms with Crippen molar-refractivity contribution >= 4 is 11.4 Å². The van der Waals surface area contributed by atoms with E-state index in [1.165, 1.54) is 35.4 Å². The zero-order valence-corrected chi connectivity index (χ0v) is 7.57. The van der Waals surface area contributed by atoms with Crippen LogP contribution < -0.4 is 5.73 Å². The number of rotatable bonds is 2. The van der Waals surface area contributed by atoms with Crippen LogP contribution in [0.4, 0.5) is 11.4 Å². The summed E-state index contributed by atoms with van der Waals surface area (Å²) in [4.78, 5) is 11.3. The molecule has 2 rings (SSSR count). The molecule has 7 nitrogen and oxygen atoms in total. The van der Waals surface area contributed by atoms with E-state index in [0.29, 0.717) is 5.69 Å². The number of hydrogen-bond donors (Lipinski definition) is 1. The molecule has 0 aliphatic rings. The van der Waals surface area contributed by atoms with Crippen LogP contribution in [0, 0.1) is 10.1 Å². The first-order chi connectivity index (χ1) is 7.18. The molecule has 2 aromatic rings. The predicted octanol–water partition coefficient (Wildman–Crippen LogP) is 0.758. The van der Waals surface area contributed by atoms with E-state index < -0.39 is 4.92 Å². The summed E-state index contributed by atoms with van der Waals surface area (Å²) in [5.74, 6) is 0. The van der Waals surface area contributed by atoms with Crippen LogP contribution in [-0.2, 0) is 0 Å².